The van der Waals surface area contributed by atoms with Crippen molar-refractivity contribution in [2.45, 2.75) is 12.8 Å². The third kappa shape index (κ3) is 3.35. The highest BCUT2D eigenvalue weighted by Gasteiger charge is 2.28. The van der Waals surface area contributed by atoms with E-state index in [9.17, 15) is 4.79 Å². The zero-order valence-corrected chi connectivity index (χ0v) is 16.1. The smallest absolute Gasteiger partial charge is 0.229 e. The minimum Gasteiger partial charge on any atom is -0.486 e. The lowest BCUT2D eigenvalue weighted by atomic mass is 9.97. The Morgan fingerprint density at radius 1 is 1.21 bits per heavy atom. The molecule has 144 valence electrons. The summed E-state index contributed by atoms with van der Waals surface area (Å²) in [5, 5.41) is 3.97. The first-order valence-corrected chi connectivity index (χ1v) is 10.2. The summed E-state index contributed by atoms with van der Waals surface area (Å²) in [7, 11) is 0. The molecule has 1 N–H and O–H groups in total. The molecule has 1 atom stereocenters. The van der Waals surface area contributed by atoms with Gasteiger partial charge in [-0.15, -0.1) is 0 Å². The monoisotopic (exact) mass is 396 g/mol. The number of fused-ring (bicyclic) bond motifs is 2. The lowest BCUT2D eigenvalue weighted by Gasteiger charge is -2.31. The number of benzene rings is 1. The Balaban J connectivity index is 1.28. The van der Waals surface area contributed by atoms with Crippen LogP contribution in [0.3, 0.4) is 0 Å². The molecule has 3 aromatic rings. The number of anilines is 2. The van der Waals surface area contributed by atoms with E-state index in [1.165, 1.54) is 0 Å². The number of carbonyl (C=O) groups is 1. The van der Waals surface area contributed by atoms with Gasteiger partial charge in [-0.2, -0.15) is 0 Å². The van der Waals surface area contributed by atoms with Gasteiger partial charge in [0.1, 0.15) is 23.6 Å². The fourth-order valence-electron chi connectivity index (χ4n) is 3.62. The molecule has 8 heteroatoms. The van der Waals surface area contributed by atoms with Crippen molar-refractivity contribution in [3.8, 4) is 11.5 Å². The summed E-state index contributed by atoms with van der Waals surface area (Å²) < 4.78 is 11.1. The van der Waals surface area contributed by atoms with Crippen molar-refractivity contribution in [2.24, 2.45) is 5.92 Å². The van der Waals surface area contributed by atoms with Gasteiger partial charge in [-0.25, -0.2) is 9.97 Å². The van der Waals surface area contributed by atoms with Crippen LogP contribution in [0.25, 0.3) is 10.3 Å². The van der Waals surface area contributed by atoms with E-state index >= 15 is 0 Å². The predicted octanol–water partition coefficient (Wildman–Crippen LogP) is 3.32. The zero-order chi connectivity index (χ0) is 18.9. The molecule has 0 radical (unpaired) electrons. The van der Waals surface area contributed by atoms with Crippen molar-refractivity contribution < 1.29 is 14.3 Å². The number of nitrogens with zero attached hydrogens (tertiary/aromatic N) is 3. The molecule has 1 amide bonds. The fourth-order valence-corrected chi connectivity index (χ4v) is 4.57. The van der Waals surface area contributed by atoms with Gasteiger partial charge in [0.05, 0.1) is 5.92 Å². The van der Waals surface area contributed by atoms with Gasteiger partial charge in [0, 0.05) is 31.0 Å². The van der Waals surface area contributed by atoms with Crippen molar-refractivity contribution in [1.29, 1.82) is 0 Å². The van der Waals surface area contributed by atoms with E-state index in [2.05, 4.69) is 20.2 Å². The van der Waals surface area contributed by atoms with Gasteiger partial charge >= 0.3 is 0 Å². The number of rotatable bonds is 3. The zero-order valence-electron chi connectivity index (χ0n) is 15.3. The van der Waals surface area contributed by atoms with Gasteiger partial charge in [-0.3, -0.25) is 4.79 Å². The first-order chi connectivity index (χ1) is 13.8. The van der Waals surface area contributed by atoms with E-state index in [0.29, 0.717) is 25.5 Å². The van der Waals surface area contributed by atoms with E-state index in [1.807, 2.05) is 30.3 Å². The molecule has 0 saturated carbocycles. The topological polar surface area (TPSA) is 76.6 Å². The molecular formula is C20H20N4O3S. The van der Waals surface area contributed by atoms with Gasteiger partial charge in [-0.1, -0.05) is 11.3 Å². The van der Waals surface area contributed by atoms with Gasteiger partial charge in [0.15, 0.2) is 16.6 Å². The summed E-state index contributed by atoms with van der Waals surface area (Å²) >= 11 is 1.58. The third-order valence-corrected chi connectivity index (χ3v) is 6.07. The quantitative estimate of drug-likeness (QED) is 0.732. The molecule has 1 saturated heterocycles. The Hall–Kier alpha value is -2.87. The largest absolute Gasteiger partial charge is 0.486 e. The molecule has 2 aliphatic heterocycles. The van der Waals surface area contributed by atoms with Gasteiger partial charge < -0.3 is 19.7 Å². The van der Waals surface area contributed by atoms with Crippen LogP contribution in [0.2, 0.25) is 0 Å². The SMILES string of the molecule is O=C(Nc1ccc2c(c1)OCCO2)[C@H]1CCCN(c2nc3cccnc3s2)C1. The van der Waals surface area contributed by atoms with Crippen LogP contribution < -0.4 is 19.7 Å². The summed E-state index contributed by atoms with van der Waals surface area (Å²) in [5.41, 5.74) is 1.64. The number of thiazole rings is 1. The number of hydrogen-bond donors (Lipinski definition) is 1. The highest BCUT2D eigenvalue weighted by atomic mass is 32.1. The van der Waals surface area contributed by atoms with Crippen LogP contribution in [0.5, 0.6) is 11.5 Å². The number of nitrogens with one attached hydrogen (secondary N) is 1. The van der Waals surface area contributed by atoms with Crippen LogP contribution >= 0.6 is 11.3 Å². The Morgan fingerprint density at radius 2 is 2.11 bits per heavy atom. The third-order valence-electron chi connectivity index (χ3n) is 5.03. The predicted molar refractivity (Wildman–Crippen MR) is 108 cm³/mol. The maximum atomic E-state index is 12.8. The molecule has 2 aliphatic rings. The Morgan fingerprint density at radius 3 is 3.00 bits per heavy atom. The van der Waals surface area contributed by atoms with Crippen LogP contribution in [0.15, 0.2) is 36.5 Å². The lowest BCUT2D eigenvalue weighted by Crippen LogP contribution is -2.40. The summed E-state index contributed by atoms with van der Waals surface area (Å²) in [6.07, 6.45) is 3.61. The van der Waals surface area contributed by atoms with E-state index in [1.54, 1.807) is 17.5 Å². The first-order valence-electron chi connectivity index (χ1n) is 9.43. The average molecular weight is 396 g/mol. The standard InChI is InChI=1S/C20H20N4O3S/c25-18(22-14-5-6-16-17(11-14)27-10-9-26-16)13-3-2-8-24(12-13)20-23-15-4-1-7-21-19(15)28-20/h1,4-7,11,13H,2-3,8-10,12H2,(H,22,25)/t13-/m0/s1. The molecule has 5 rings (SSSR count). The number of aromatic nitrogens is 2. The Bertz CT molecular complexity index is 989. The van der Waals surface area contributed by atoms with E-state index < -0.39 is 0 Å². The second kappa shape index (κ2) is 7.27. The number of carbonyl (C=O) groups excluding carboxylic acids is 1. The minimum absolute atomic E-state index is 0.0283. The highest BCUT2D eigenvalue weighted by Crippen LogP contribution is 2.34. The van der Waals surface area contributed by atoms with Crippen LogP contribution in [-0.2, 0) is 4.79 Å². The van der Waals surface area contributed by atoms with Crippen LogP contribution in [0.4, 0.5) is 10.8 Å². The minimum atomic E-state index is -0.0816. The van der Waals surface area contributed by atoms with E-state index in [0.717, 1.165) is 46.3 Å². The fraction of sp³-hybridized carbons (Fsp3) is 0.350. The summed E-state index contributed by atoms with van der Waals surface area (Å²) in [5.74, 6) is 1.34. The van der Waals surface area contributed by atoms with Gasteiger partial charge in [-0.05, 0) is 37.1 Å². The van der Waals surface area contributed by atoms with Crippen LogP contribution in [0, 0.1) is 5.92 Å². The molecular weight excluding hydrogens is 376 g/mol. The highest BCUT2D eigenvalue weighted by molar-refractivity contribution is 7.21. The Kier molecular flexibility index (Phi) is 4.48. The van der Waals surface area contributed by atoms with Crippen LogP contribution in [-0.4, -0.2) is 42.2 Å². The second-order valence-corrected chi connectivity index (χ2v) is 7.91. The normalized spacial score (nSPS) is 18.9. The van der Waals surface area contributed by atoms with E-state index in [4.69, 9.17) is 9.47 Å². The maximum Gasteiger partial charge on any atom is 0.229 e. The van der Waals surface area contributed by atoms with Crippen LogP contribution in [0.1, 0.15) is 12.8 Å². The molecule has 1 fully saturated rings. The number of hydrogen-bond acceptors (Lipinski definition) is 7. The summed E-state index contributed by atoms with van der Waals surface area (Å²) in [6.45, 7) is 2.65. The van der Waals surface area contributed by atoms with Crippen molar-refractivity contribution in [3.05, 3.63) is 36.5 Å². The molecule has 28 heavy (non-hydrogen) atoms. The molecule has 0 aliphatic carbocycles. The Labute approximate surface area is 166 Å². The molecule has 2 aromatic heterocycles. The average Bonchev–Trinajstić information content (AvgIpc) is 3.18. The first kappa shape index (κ1) is 17.2. The lowest BCUT2D eigenvalue weighted by molar-refractivity contribution is -0.120. The number of amides is 1. The van der Waals surface area contributed by atoms with Crippen molar-refractivity contribution >= 4 is 38.4 Å². The maximum absolute atomic E-state index is 12.8. The van der Waals surface area contributed by atoms with Crippen molar-refractivity contribution in [1.82, 2.24) is 9.97 Å². The number of ether oxygens (including phenoxy) is 2. The molecule has 0 spiro atoms. The second-order valence-electron chi connectivity index (χ2n) is 6.96. The molecule has 0 unspecified atom stereocenters. The van der Waals surface area contributed by atoms with Crippen molar-refractivity contribution in [2.75, 3.05) is 36.5 Å². The van der Waals surface area contributed by atoms with Crippen molar-refractivity contribution in [3.63, 3.8) is 0 Å². The molecule has 1 aromatic carbocycles. The van der Waals surface area contributed by atoms with E-state index in [-0.39, 0.29) is 11.8 Å². The molecule has 4 heterocycles. The van der Waals surface area contributed by atoms with Gasteiger partial charge in [0.2, 0.25) is 5.91 Å². The summed E-state index contributed by atoms with van der Waals surface area (Å²) in [6, 6.07) is 9.38. The summed E-state index contributed by atoms with van der Waals surface area (Å²) in [4.78, 5) is 25.0. The van der Waals surface area contributed by atoms with Gasteiger partial charge in [0.25, 0.3) is 0 Å². The number of piperidine rings is 1. The molecule has 7 nitrogen and oxygen atoms in total. The number of pyridine rings is 1. The molecule has 0 bridgehead atoms.